The highest BCUT2D eigenvalue weighted by Crippen LogP contribution is 2.30. The number of fused-ring (bicyclic) bond motifs is 1. The Hall–Kier alpha value is -3.81. The maximum atomic E-state index is 12.4. The fraction of sp³-hybridized carbons (Fsp3) is 0.320. The van der Waals surface area contributed by atoms with Crippen LogP contribution < -0.4 is 10.1 Å². The van der Waals surface area contributed by atoms with E-state index in [1.165, 1.54) is 19.8 Å². The SMILES string of the molecule is CCc1cc2c(OCC(=O)N[C@@H](CC(=O)OC)C(=O)OC)cccc2n1Cc1ccccc1. The van der Waals surface area contributed by atoms with Crippen molar-refractivity contribution in [2.75, 3.05) is 20.8 Å². The Morgan fingerprint density at radius 2 is 1.76 bits per heavy atom. The second kappa shape index (κ2) is 11.2. The summed E-state index contributed by atoms with van der Waals surface area (Å²) in [7, 11) is 2.39. The van der Waals surface area contributed by atoms with E-state index >= 15 is 0 Å². The number of hydrogen-bond donors (Lipinski definition) is 1. The molecule has 3 rings (SSSR count). The summed E-state index contributed by atoms with van der Waals surface area (Å²) in [4.78, 5) is 35.8. The monoisotopic (exact) mass is 452 g/mol. The van der Waals surface area contributed by atoms with Crippen LogP contribution in [0.3, 0.4) is 0 Å². The molecule has 0 radical (unpaired) electrons. The zero-order valence-corrected chi connectivity index (χ0v) is 19.0. The third kappa shape index (κ3) is 5.91. The molecule has 33 heavy (non-hydrogen) atoms. The molecule has 0 saturated heterocycles. The molecule has 174 valence electrons. The standard InChI is InChI=1S/C25H28N2O6/c1-4-18-13-19-21(27(18)15-17-9-6-5-7-10-17)11-8-12-22(19)33-16-23(28)26-20(25(30)32-3)14-24(29)31-2/h5-13,20H,4,14-16H2,1-3H3,(H,26,28)/t20-/m0/s1. The summed E-state index contributed by atoms with van der Waals surface area (Å²) in [5.41, 5.74) is 3.35. The summed E-state index contributed by atoms with van der Waals surface area (Å²) >= 11 is 0. The average molecular weight is 453 g/mol. The third-order valence-electron chi connectivity index (χ3n) is 5.32. The van der Waals surface area contributed by atoms with Gasteiger partial charge in [-0.25, -0.2) is 4.79 Å². The highest BCUT2D eigenvalue weighted by atomic mass is 16.5. The average Bonchev–Trinajstić information content (AvgIpc) is 3.20. The van der Waals surface area contributed by atoms with E-state index in [9.17, 15) is 14.4 Å². The van der Waals surface area contributed by atoms with Crippen molar-refractivity contribution >= 4 is 28.7 Å². The number of methoxy groups -OCH3 is 2. The molecule has 1 atom stereocenters. The Kier molecular flexibility index (Phi) is 8.07. The first-order valence-corrected chi connectivity index (χ1v) is 10.7. The first kappa shape index (κ1) is 23.8. The summed E-state index contributed by atoms with van der Waals surface area (Å²) in [6.45, 7) is 2.50. The van der Waals surface area contributed by atoms with Crippen molar-refractivity contribution in [2.24, 2.45) is 0 Å². The number of carbonyl (C=O) groups is 3. The van der Waals surface area contributed by atoms with Gasteiger partial charge in [-0.1, -0.05) is 43.3 Å². The molecule has 1 heterocycles. The third-order valence-corrected chi connectivity index (χ3v) is 5.32. The van der Waals surface area contributed by atoms with E-state index in [1.807, 2.05) is 30.3 Å². The molecule has 3 aromatic rings. The number of ether oxygens (including phenoxy) is 3. The van der Waals surface area contributed by atoms with Crippen LogP contribution in [0.15, 0.2) is 54.6 Å². The van der Waals surface area contributed by atoms with Crippen molar-refractivity contribution in [3.8, 4) is 5.75 Å². The largest absolute Gasteiger partial charge is 0.483 e. The first-order valence-electron chi connectivity index (χ1n) is 10.7. The summed E-state index contributed by atoms with van der Waals surface area (Å²) in [6.07, 6.45) is 0.516. The maximum absolute atomic E-state index is 12.4. The Balaban J connectivity index is 1.76. The minimum atomic E-state index is -1.15. The first-order chi connectivity index (χ1) is 16.0. The van der Waals surface area contributed by atoms with Crippen molar-refractivity contribution in [1.82, 2.24) is 9.88 Å². The number of aromatic nitrogens is 1. The number of aryl methyl sites for hydroxylation is 1. The van der Waals surface area contributed by atoms with E-state index in [0.717, 1.165) is 29.6 Å². The topological polar surface area (TPSA) is 95.9 Å². The van der Waals surface area contributed by atoms with Gasteiger partial charge in [-0.2, -0.15) is 0 Å². The lowest BCUT2D eigenvalue weighted by Gasteiger charge is -2.16. The smallest absolute Gasteiger partial charge is 0.328 e. The maximum Gasteiger partial charge on any atom is 0.328 e. The van der Waals surface area contributed by atoms with Gasteiger partial charge in [0.05, 0.1) is 26.2 Å². The molecule has 0 fully saturated rings. The molecule has 0 saturated carbocycles. The van der Waals surface area contributed by atoms with Gasteiger partial charge in [0, 0.05) is 17.6 Å². The zero-order valence-electron chi connectivity index (χ0n) is 19.0. The second-order valence-corrected chi connectivity index (χ2v) is 7.46. The van der Waals surface area contributed by atoms with E-state index in [2.05, 4.69) is 44.5 Å². The summed E-state index contributed by atoms with van der Waals surface area (Å²) in [6, 6.07) is 16.8. The van der Waals surface area contributed by atoms with Crippen LogP contribution in [0.5, 0.6) is 5.75 Å². The van der Waals surface area contributed by atoms with Gasteiger partial charge in [0.25, 0.3) is 5.91 Å². The van der Waals surface area contributed by atoms with E-state index in [4.69, 9.17) is 4.74 Å². The Labute approximate surface area is 192 Å². The lowest BCUT2D eigenvalue weighted by atomic mass is 10.2. The number of hydrogen-bond acceptors (Lipinski definition) is 6. The van der Waals surface area contributed by atoms with Gasteiger partial charge in [-0.15, -0.1) is 0 Å². The summed E-state index contributed by atoms with van der Waals surface area (Å²) < 4.78 is 17.3. The van der Waals surface area contributed by atoms with Crippen molar-refractivity contribution in [3.05, 3.63) is 65.9 Å². The molecule has 0 aliphatic heterocycles. The molecule has 0 spiro atoms. The fourth-order valence-corrected chi connectivity index (χ4v) is 3.65. The van der Waals surface area contributed by atoms with Crippen LogP contribution in [0.1, 0.15) is 24.6 Å². The van der Waals surface area contributed by atoms with Crippen molar-refractivity contribution in [3.63, 3.8) is 0 Å². The van der Waals surface area contributed by atoms with Crippen LogP contribution in [-0.2, 0) is 36.8 Å². The van der Waals surface area contributed by atoms with Crippen LogP contribution >= 0.6 is 0 Å². The van der Waals surface area contributed by atoms with E-state index in [1.54, 1.807) is 6.07 Å². The lowest BCUT2D eigenvalue weighted by Crippen LogP contribution is -2.44. The number of rotatable bonds is 10. The van der Waals surface area contributed by atoms with Gasteiger partial charge in [-0.05, 0) is 30.2 Å². The molecular weight excluding hydrogens is 424 g/mol. The fourth-order valence-electron chi connectivity index (χ4n) is 3.65. The van der Waals surface area contributed by atoms with E-state index in [-0.39, 0.29) is 13.0 Å². The zero-order chi connectivity index (χ0) is 23.8. The highest BCUT2D eigenvalue weighted by Gasteiger charge is 2.25. The summed E-state index contributed by atoms with van der Waals surface area (Å²) in [5.74, 6) is -1.36. The predicted octanol–water partition coefficient (Wildman–Crippen LogP) is 2.85. The van der Waals surface area contributed by atoms with Crippen LogP contribution in [0.2, 0.25) is 0 Å². The molecule has 1 N–H and O–H groups in total. The van der Waals surface area contributed by atoms with Crippen LogP contribution in [0.4, 0.5) is 0 Å². The van der Waals surface area contributed by atoms with Gasteiger partial charge in [-0.3, -0.25) is 9.59 Å². The minimum absolute atomic E-state index is 0.320. The number of esters is 2. The molecular formula is C25H28N2O6. The normalized spacial score (nSPS) is 11.6. The predicted molar refractivity (Wildman–Crippen MR) is 123 cm³/mol. The molecule has 2 aromatic carbocycles. The van der Waals surface area contributed by atoms with Crippen molar-refractivity contribution in [2.45, 2.75) is 32.4 Å². The number of carbonyl (C=O) groups excluding carboxylic acids is 3. The Morgan fingerprint density at radius 3 is 2.42 bits per heavy atom. The van der Waals surface area contributed by atoms with Gasteiger partial charge in [0.1, 0.15) is 11.8 Å². The van der Waals surface area contributed by atoms with E-state index < -0.39 is 23.9 Å². The Bertz CT molecular complexity index is 1120. The van der Waals surface area contributed by atoms with E-state index in [0.29, 0.717) is 5.75 Å². The van der Waals surface area contributed by atoms with Gasteiger partial charge < -0.3 is 24.1 Å². The minimum Gasteiger partial charge on any atom is -0.483 e. The number of nitrogens with zero attached hydrogens (tertiary/aromatic N) is 1. The second-order valence-electron chi connectivity index (χ2n) is 7.46. The number of amides is 1. The van der Waals surface area contributed by atoms with Gasteiger partial charge in [0.15, 0.2) is 6.61 Å². The van der Waals surface area contributed by atoms with Crippen LogP contribution in [0.25, 0.3) is 10.9 Å². The molecule has 0 unspecified atom stereocenters. The van der Waals surface area contributed by atoms with Crippen LogP contribution in [-0.4, -0.2) is 49.3 Å². The highest BCUT2D eigenvalue weighted by molar-refractivity contribution is 5.90. The molecule has 0 aliphatic rings. The van der Waals surface area contributed by atoms with Gasteiger partial charge in [0.2, 0.25) is 0 Å². The van der Waals surface area contributed by atoms with Crippen LogP contribution in [0, 0.1) is 0 Å². The van der Waals surface area contributed by atoms with Crippen molar-refractivity contribution in [1.29, 1.82) is 0 Å². The Morgan fingerprint density at radius 1 is 1.00 bits per heavy atom. The molecule has 8 nitrogen and oxygen atoms in total. The molecule has 1 aromatic heterocycles. The van der Waals surface area contributed by atoms with Gasteiger partial charge >= 0.3 is 11.9 Å². The summed E-state index contributed by atoms with van der Waals surface area (Å²) in [5, 5.41) is 3.37. The lowest BCUT2D eigenvalue weighted by molar-refractivity contribution is -0.150. The molecule has 0 aliphatic carbocycles. The number of nitrogens with one attached hydrogen (secondary N) is 1. The number of benzene rings is 2. The molecule has 1 amide bonds. The van der Waals surface area contributed by atoms with Crippen molar-refractivity contribution < 1.29 is 28.6 Å². The molecule has 0 bridgehead atoms. The molecule has 8 heteroatoms. The quantitative estimate of drug-likeness (QED) is 0.475.